The molecule has 0 saturated heterocycles. The second-order valence-electron chi connectivity index (χ2n) is 5.38. The molecular weight excluding hydrogens is 228 g/mol. The molecule has 0 aromatic carbocycles. The van der Waals surface area contributed by atoms with E-state index in [4.69, 9.17) is 5.73 Å². The van der Waals surface area contributed by atoms with E-state index in [1.54, 1.807) is 0 Å². The van der Waals surface area contributed by atoms with Gasteiger partial charge in [0.2, 0.25) is 0 Å². The number of hydrogen-bond donors (Lipinski definition) is 1. The van der Waals surface area contributed by atoms with Crippen LogP contribution in [0, 0.1) is 0 Å². The second kappa shape index (κ2) is 5.98. The van der Waals surface area contributed by atoms with Crippen LogP contribution in [0.25, 0.3) is 0 Å². The van der Waals surface area contributed by atoms with Gasteiger partial charge in [0.05, 0.1) is 0 Å². The molecule has 0 radical (unpaired) electrons. The van der Waals surface area contributed by atoms with Gasteiger partial charge in [-0.25, -0.2) is 0 Å². The van der Waals surface area contributed by atoms with Crippen LogP contribution < -0.4 is 5.73 Å². The molecule has 1 heterocycles. The monoisotopic (exact) mass is 252 g/mol. The molecule has 3 heteroatoms. The molecule has 17 heavy (non-hydrogen) atoms. The highest BCUT2D eigenvalue weighted by molar-refractivity contribution is 7.09. The van der Waals surface area contributed by atoms with Crippen molar-refractivity contribution in [3.63, 3.8) is 0 Å². The average Bonchev–Trinajstić information content (AvgIpc) is 2.80. The first-order valence-electron chi connectivity index (χ1n) is 6.66. The predicted molar refractivity (Wildman–Crippen MR) is 75.5 cm³/mol. The summed E-state index contributed by atoms with van der Waals surface area (Å²) in [4.78, 5) is 4.03. The normalized spacial score (nSPS) is 27.3. The van der Waals surface area contributed by atoms with Crippen molar-refractivity contribution in [2.45, 2.75) is 57.2 Å². The first-order chi connectivity index (χ1) is 8.16. The Morgan fingerprint density at radius 3 is 3.00 bits per heavy atom. The third-order valence-corrected chi connectivity index (χ3v) is 4.93. The van der Waals surface area contributed by atoms with Crippen LogP contribution in [0.15, 0.2) is 17.5 Å². The average molecular weight is 252 g/mol. The summed E-state index contributed by atoms with van der Waals surface area (Å²) < 4.78 is 0. The first kappa shape index (κ1) is 13.1. The molecule has 2 nitrogen and oxygen atoms in total. The molecule has 2 rings (SSSR count). The standard InChI is InChI=1S/C14H24N2S/c1-11(9-14-7-4-8-17-14)16(2)13-6-3-5-12(15)10-13/h4,7-8,11-13H,3,5-6,9-10,15H2,1-2H3. The molecule has 1 fully saturated rings. The van der Waals surface area contributed by atoms with Crippen LogP contribution in [0.5, 0.6) is 0 Å². The summed E-state index contributed by atoms with van der Waals surface area (Å²) in [6, 6.07) is 6.10. The zero-order valence-electron chi connectivity index (χ0n) is 10.9. The van der Waals surface area contributed by atoms with Crippen molar-refractivity contribution >= 4 is 11.3 Å². The Morgan fingerprint density at radius 2 is 2.35 bits per heavy atom. The molecule has 0 bridgehead atoms. The van der Waals surface area contributed by atoms with Gasteiger partial charge in [-0.15, -0.1) is 11.3 Å². The zero-order chi connectivity index (χ0) is 12.3. The summed E-state index contributed by atoms with van der Waals surface area (Å²) >= 11 is 1.86. The lowest BCUT2D eigenvalue weighted by atomic mass is 9.90. The van der Waals surface area contributed by atoms with Crippen LogP contribution in [0.3, 0.4) is 0 Å². The maximum atomic E-state index is 6.07. The molecule has 0 amide bonds. The summed E-state index contributed by atoms with van der Waals surface area (Å²) in [5.74, 6) is 0. The van der Waals surface area contributed by atoms with E-state index in [1.165, 1.54) is 37.0 Å². The minimum atomic E-state index is 0.421. The van der Waals surface area contributed by atoms with E-state index < -0.39 is 0 Å². The molecule has 1 aromatic heterocycles. The molecule has 3 unspecified atom stereocenters. The van der Waals surface area contributed by atoms with Gasteiger partial charge in [0.1, 0.15) is 0 Å². The minimum absolute atomic E-state index is 0.421. The summed E-state index contributed by atoms with van der Waals surface area (Å²) in [5, 5.41) is 2.17. The summed E-state index contributed by atoms with van der Waals surface area (Å²) in [6.45, 7) is 2.33. The molecule has 3 atom stereocenters. The number of nitrogens with zero attached hydrogens (tertiary/aromatic N) is 1. The molecule has 1 aromatic rings. The molecule has 1 saturated carbocycles. The zero-order valence-corrected chi connectivity index (χ0v) is 11.7. The Kier molecular flexibility index (Phi) is 4.60. The fourth-order valence-electron chi connectivity index (χ4n) is 2.79. The van der Waals surface area contributed by atoms with Gasteiger partial charge in [-0.3, -0.25) is 0 Å². The van der Waals surface area contributed by atoms with E-state index in [9.17, 15) is 0 Å². The Balaban J connectivity index is 1.87. The van der Waals surface area contributed by atoms with Gasteiger partial charge >= 0.3 is 0 Å². The van der Waals surface area contributed by atoms with Crippen molar-refractivity contribution in [3.05, 3.63) is 22.4 Å². The van der Waals surface area contributed by atoms with Crippen molar-refractivity contribution in [1.82, 2.24) is 4.90 Å². The molecule has 2 N–H and O–H groups in total. The predicted octanol–water partition coefficient (Wildman–Crippen LogP) is 2.88. The molecule has 0 aliphatic heterocycles. The topological polar surface area (TPSA) is 29.3 Å². The van der Waals surface area contributed by atoms with E-state index in [1.807, 2.05) is 11.3 Å². The van der Waals surface area contributed by atoms with E-state index in [0.717, 1.165) is 0 Å². The van der Waals surface area contributed by atoms with Crippen LogP contribution in [-0.2, 0) is 6.42 Å². The van der Waals surface area contributed by atoms with E-state index in [-0.39, 0.29) is 0 Å². The minimum Gasteiger partial charge on any atom is -0.328 e. The molecule has 1 aliphatic rings. The van der Waals surface area contributed by atoms with Gasteiger partial charge in [0.15, 0.2) is 0 Å². The van der Waals surface area contributed by atoms with Crippen molar-refractivity contribution in [2.75, 3.05) is 7.05 Å². The molecular formula is C14H24N2S. The Hall–Kier alpha value is -0.380. The molecule has 96 valence electrons. The van der Waals surface area contributed by atoms with Crippen LogP contribution >= 0.6 is 11.3 Å². The van der Waals surface area contributed by atoms with Gasteiger partial charge in [-0.2, -0.15) is 0 Å². The SMILES string of the molecule is CC(Cc1cccs1)N(C)C1CCCC(N)C1. The third kappa shape index (κ3) is 3.54. The number of rotatable bonds is 4. The highest BCUT2D eigenvalue weighted by Gasteiger charge is 2.25. The van der Waals surface area contributed by atoms with Crippen molar-refractivity contribution in [2.24, 2.45) is 5.73 Å². The van der Waals surface area contributed by atoms with Crippen molar-refractivity contribution in [3.8, 4) is 0 Å². The fourth-order valence-corrected chi connectivity index (χ4v) is 3.62. The molecule has 1 aliphatic carbocycles. The summed E-state index contributed by atoms with van der Waals surface area (Å²) in [7, 11) is 2.26. The lowest BCUT2D eigenvalue weighted by Gasteiger charge is -2.37. The Morgan fingerprint density at radius 1 is 1.53 bits per heavy atom. The highest BCUT2D eigenvalue weighted by Crippen LogP contribution is 2.24. The maximum absolute atomic E-state index is 6.07. The number of nitrogens with two attached hydrogens (primary N) is 1. The lowest BCUT2D eigenvalue weighted by molar-refractivity contribution is 0.138. The second-order valence-corrected chi connectivity index (χ2v) is 6.41. The van der Waals surface area contributed by atoms with Gasteiger partial charge in [0.25, 0.3) is 0 Å². The highest BCUT2D eigenvalue weighted by atomic mass is 32.1. The quantitative estimate of drug-likeness (QED) is 0.893. The van der Waals surface area contributed by atoms with E-state index in [0.29, 0.717) is 18.1 Å². The number of thiophene rings is 1. The van der Waals surface area contributed by atoms with Crippen LogP contribution in [-0.4, -0.2) is 30.1 Å². The number of likely N-dealkylation sites (N-methyl/N-ethyl adjacent to an activating group) is 1. The van der Waals surface area contributed by atoms with Gasteiger partial charge in [-0.05, 0) is 51.1 Å². The Labute approximate surface area is 109 Å². The lowest BCUT2D eigenvalue weighted by Crippen LogP contribution is -2.45. The fraction of sp³-hybridized carbons (Fsp3) is 0.714. The molecule has 0 spiro atoms. The van der Waals surface area contributed by atoms with Crippen LogP contribution in [0.2, 0.25) is 0 Å². The van der Waals surface area contributed by atoms with Crippen molar-refractivity contribution in [1.29, 1.82) is 0 Å². The number of hydrogen-bond acceptors (Lipinski definition) is 3. The smallest absolute Gasteiger partial charge is 0.0115 e. The largest absolute Gasteiger partial charge is 0.328 e. The summed E-state index contributed by atoms with van der Waals surface area (Å²) in [6.07, 6.45) is 6.16. The van der Waals surface area contributed by atoms with Gasteiger partial charge in [-0.1, -0.05) is 12.5 Å². The van der Waals surface area contributed by atoms with Gasteiger partial charge < -0.3 is 10.6 Å². The van der Waals surface area contributed by atoms with Crippen LogP contribution in [0.4, 0.5) is 0 Å². The van der Waals surface area contributed by atoms with E-state index in [2.05, 4.69) is 36.4 Å². The van der Waals surface area contributed by atoms with Gasteiger partial charge in [0, 0.05) is 23.0 Å². The summed E-state index contributed by atoms with van der Waals surface area (Å²) in [5.41, 5.74) is 6.07. The van der Waals surface area contributed by atoms with E-state index >= 15 is 0 Å². The maximum Gasteiger partial charge on any atom is 0.0115 e. The van der Waals surface area contributed by atoms with Crippen LogP contribution in [0.1, 0.15) is 37.5 Å². The first-order valence-corrected chi connectivity index (χ1v) is 7.54. The third-order valence-electron chi connectivity index (χ3n) is 4.04. The van der Waals surface area contributed by atoms with Crippen molar-refractivity contribution < 1.29 is 0 Å². The Bertz CT molecular complexity index is 323.